The minimum absolute atomic E-state index is 0. The first-order valence-electron chi connectivity index (χ1n) is 4.26. The Morgan fingerprint density at radius 2 is 2.00 bits per heavy atom. The maximum Gasteiger partial charge on any atom is 0.325 e. The van der Waals surface area contributed by atoms with Crippen LogP contribution in [-0.4, -0.2) is 33.5 Å². The van der Waals surface area contributed by atoms with E-state index in [1.807, 2.05) is 0 Å². The summed E-state index contributed by atoms with van der Waals surface area (Å²) in [5.41, 5.74) is 0.823. The van der Waals surface area contributed by atoms with Crippen LogP contribution in [0.25, 0.3) is 0 Å². The average molecular weight is 264 g/mol. The first-order chi connectivity index (χ1) is 7.00. The fraction of sp³-hybridized carbons (Fsp3) is 0.200. The number of hydrogen-bond acceptors (Lipinski definition) is 4. The number of rotatable bonds is 3. The maximum absolute atomic E-state index is 10.3. The van der Waals surface area contributed by atoms with Crippen LogP contribution in [0.3, 0.4) is 0 Å². The van der Waals surface area contributed by atoms with E-state index >= 15 is 0 Å². The first kappa shape index (κ1) is 14.5. The van der Waals surface area contributed by atoms with E-state index in [9.17, 15) is 9.90 Å². The zero-order chi connectivity index (χ0) is 11.4. The minimum Gasteiger partial charge on any atom is -0.508 e. The molecular formula is C10H11MnNO4. The molecule has 1 radical (unpaired) electrons. The van der Waals surface area contributed by atoms with Gasteiger partial charge >= 0.3 is 5.97 Å². The first-order valence-corrected chi connectivity index (χ1v) is 4.26. The van der Waals surface area contributed by atoms with Crippen LogP contribution < -0.4 is 0 Å². The van der Waals surface area contributed by atoms with Gasteiger partial charge in [-0.15, -0.1) is 0 Å². The number of aliphatic carboxylic acids is 1. The Labute approximate surface area is 103 Å². The number of carboxylic acids is 1. The van der Waals surface area contributed by atoms with Gasteiger partial charge in [0.15, 0.2) is 0 Å². The summed E-state index contributed by atoms with van der Waals surface area (Å²) in [4.78, 5) is 14.0. The van der Waals surface area contributed by atoms with Crippen LogP contribution in [0.2, 0.25) is 0 Å². The molecule has 1 aromatic rings. The molecule has 0 saturated heterocycles. The largest absolute Gasteiger partial charge is 0.508 e. The molecule has 0 amide bonds. The smallest absolute Gasteiger partial charge is 0.325 e. The Hall–Kier alpha value is -1.52. The molecule has 0 aliphatic heterocycles. The van der Waals surface area contributed by atoms with Gasteiger partial charge in [0.1, 0.15) is 18.0 Å². The van der Waals surface area contributed by atoms with E-state index in [4.69, 9.17) is 10.2 Å². The number of aromatic hydroxyl groups is 2. The quantitative estimate of drug-likeness (QED) is 0.561. The molecule has 0 saturated carbocycles. The Kier molecular flexibility index (Phi) is 5.56. The van der Waals surface area contributed by atoms with Crippen molar-refractivity contribution in [3.8, 4) is 11.5 Å². The topological polar surface area (TPSA) is 90.1 Å². The second-order valence-electron chi connectivity index (χ2n) is 3.00. The summed E-state index contributed by atoms with van der Waals surface area (Å²) in [6.45, 7) is 1.25. The van der Waals surface area contributed by atoms with Gasteiger partial charge in [-0.2, -0.15) is 0 Å². The molecule has 0 spiro atoms. The van der Waals surface area contributed by atoms with Gasteiger partial charge in [0.25, 0.3) is 0 Å². The van der Waals surface area contributed by atoms with Crippen molar-refractivity contribution in [2.75, 3.05) is 6.54 Å². The van der Waals surface area contributed by atoms with Crippen molar-refractivity contribution in [1.82, 2.24) is 0 Å². The van der Waals surface area contributed by atoms with Gasteiger partial charge in [-0.05, 0) is 19.1 Å². The van der Waals surface area contributed by atoms with E-state index in [1.54, 1.807) is 6.92 Å². The third-order valence-corrected chi connectivity index (χ3v) is 1.82. The van der Waals surface area contributed by atoms with Crippen molar-refractivity contribution in [3.63, 3.8) is 0 Å². The van der Waals surface area contributed by atoms with Gasteiger partial charge in [0.2, 0.25) is 0 Å². The fourth-order valence-electron chi connectivity index (χ4n) is 1.10. The van der Waals surface area contributed by atoms with Gasteiger partial charge in [0, 0.05) is 34.4 Å². The maximum atomic E-state index is 10.3. The van der Waals surface area contributed by atoms with E-state index in [1.165, 1.54) is 18.2 Å². The predicted octanol–water partition coefficient (Wildman–Crippen LogP) is 0.989. The number of carbonyl (C=O) groups is 1. The zero-order valence-electron chi connectivity index (χ0n) is 8.51. The second kappa shape index (κ2) is 6.15. The summed E-state index contributed by atoms with van der Waals surface area (Å²) in [5.74, 6) is -1.21. The molecule has 1 aromatic carbocycles. The van der Waals surface area contributed by atoms with Crippen molar-refractivity contribution >= 4 is 11.7 Å². The number of phenols is 2. The van der Waals surface area contributed by atoms with Crippen molar-refractivity contribution < 1.29 is 37.2 Å². The van der Waals surface area contributed by atoms with E-state index in [-0.39, 0.29) is 35.1 Å². The number of hydrogen-bond donors (Lipinski definition) is 3. The van der Waals surface area contributed by atoms with Crippen LogP contribution >= 0.6 is 0 Å². The molecule has 3 N–H and O–H groups in total. The summed E-state index contributed by atoms with van der Waals surface area (Å²) in [6.07, 6.45) is 0. The van der Waals surface area contributed by atoms with Crippen LogP contribution in [0, 0.1) is 0 Å². The number of benzene rings is 1. The monoisotopic (exact) mass is 264 g/mol. The Bertz CT molecular complexity index is 417. The van der Waals surface area contributed by atoms with Crippen LogP contribution in [-0.2, 0) is 21.9 Å². The molecule has 87 valence electrons. The van der Waals surface area contributed by atoms with E-state index in [0.717, 1.165) is 0 Å². The van der Waals surface area contributed by atoms with Gasteiger partial charge < -0.3 is 15.3 Å². The van der Waals surface area contributed by atoms with Crippen LogP contribution in [0.15, 0.2) is 23.2 Å². The van der Waals surface area contributed by atoms with Crippen LogP contribution in [0.4, 0.5) is 0 Å². The van der Waals surface area contributed by atoms with Crippen LogP contribution in [0.1, 0.15) is 12.5 Å². The summed E-state index contributed by atoms with van der Waals surface area (Å²) in [6, 6.07) is 4.05. The molecule has 0 aliphatic carbocycles. The molecule has 0 atom stereocenters. The van der Waals surface area contributed by atoms with Gasteiger partial charge in [-0.3, -0.25) is 9.79 Å². The molecule has 0 aliphatic rings. The number of nitrogens with zero attached hydrogens (tertiary/aromatic N) is 1. The summed E-state index contributed by atoms with van der Waals surface area (Å²) in [7, 11) is 0. The number of carboxylic acid groups (broad SMARTS) is 1. The zero-order valence-corrected chi connectivity index (χ0v) is 9.69. The molecule has 16 heavy (non-hydrogen) atoms. The van der Waals surface area contributed by atoms with Crippen molar-refractivity contribution in [3.05, 3.63) is 23.8 Å². The SMILES string of the molecule is C/C(=N\CC(=O)O)c1ccc(O)cc1O.[Mn]. The molecule has 6 heteroatoms. The normalized spacial score (nSPS) is 10.7. The van der Waals surface area contributed by atoms with E-state index in [0.29, 0.717) is 11.3 Å². The Morgan fingerprint density at radius 1 is 1.38 bits per heavy atom. The molecule has 0 heterocycles. The van der Waals surface area contributed by atoms with E-state index in [2.05, 4.69) is 4.99 Å². The average Bonchev–Trinajstić information content (AvgIpc) is 2.14. The van der Waals surface area contributed by atoms with Gasteiger partial charge in [-0.25, -0.2) is 0 Å². The third kappa shape index (κ3) is 3.92. The predicted molar refractivity (Wildman–Crippen MR) is 54.5 cm³/mol. The number of phenolic OH excluding ortho intramolecular Hbond substituents is 2. The van der Waals surface area contributed by atoms with Crippen LogP contribution in [0.5, 0.6) is 11.5 Å². The molecule has 5 nitrogen and oxygen atoms in total. The van der Waals surface area contributed by atoms with Gasteiger partial charge in [0.05, 0.1) is 0 Å². The molecule has 0 aromatic heterocycles. The second-order valence-corrected chi connectivity index (χ2v) is 3.00. The van der Waals surface area contributed by atoms with Gasteiger partial charge in [-0.1, -0.05) is 0 Å². The molecule has 0 fully saturated rings. The summed E-state index contributed by atoms with van der Waals surface area (Å²) in [5, 5.41) is 26.9. The van der Waals surface area contributed by atoms with Crippen molar-refractivity contribution in [2.24, 2.45) is 4.99 Å². The third-order valence-electron chi connectivity index (χ3n) is 1.82. The van der Waals surface area contributed by atoms with Crippen molar-refractivity contribution in [2.45, 2.75) is 6.92 Å². The Balaban J connectivity index is 0.00000225. The minimum atomic E-state index is -1.03. The molecular weight excluding hydrogens is 253 g/mol. The number of aliphatic imine (C=N–C) groups is 1. The molecule has 0 bridgehead atoms. The molecule has 1 rings (SSSR count). The summed E-state index contributed by atoms with van der Waals surface area (Å²) >= 11 is 0. The summed E-state index contributed by atoms with van der Waals surface area (Å²) < 4.78 is 0. The fourth-order valence-corrected chi connectivity index (χ4v) is 1.10. The van der Waals surface area contributed by atoms with Crippen molar-refractivity contribution in [1.29, 1.82) is 0 Å². The van der Waals surface area contributed by atoms with E-state index < -0.39 is 5.97 Å². The molecule has 0 unspecified atom stereocenters. The standard InChI is InChI=1S/C10H11NO4.Mn/c1-6(11-5-10(14)15)8-3-2-7(12)4-9(8)13;/h2-4,12-13H,5H2,1H3,(H,14,15);/b11-6+;. The Morgan fingerprint density at radius 3 is 2.50 bits per heavy atom.